The molecule has 24 heavy (non-hydrogen) atoms. The number of piperazine rings is 1. The number of rotatable bonds is 4. The molecule has 6 heteroatoms. The number of pyridine rings is 1. The van der Waals surface area contributed by atoms with Crippen molar-refractivity contribution in [3.05, 3.63) is 63.8 Å². The first kappa shape index (κ1) is 16.7. The molecule has 0 aliphatic carbocycles. The van der Waals surface area contributed by atoms with Crippen molar-refractivity contribution in [3.8, 4) is 5.75 Å². The van der Waals surface area contributed by atoms with Crippen molar-refractivity contribution in [3.63, 3.8) is 0 Å². The lowest BCUT2D eigenvalue weighted by molar-refractivity contribution is 0.147. The zero-order valence-corrected chi connectivity index (χ0v) is 13.8. The van der Waals surface area contributed by atoms with E-state index in [1.54, 1.807) is 30.5 Å². The van der Waals surface area contributed by atoms with E-state index in [0.29, 0.717) is 17.7 Å². The Kier molecular flexibility index (Phi) is 4.97. The van der Waals surface area contributed by atoms with E-state index in [2.05, 4.69) is 16.8 Å². The van der Waals surface area contributed by atoms with Crippen LogP contribution in [0.4, 0.5) is 4.39 Å². The second-order valence-corrected chi connectivity index (χ2v) is 6.29. The fraction of sp³-hybridized carbons (Fsp3) is 0.389. The number of aromatic nitrogens is 1. The summed E-state index contributed by atoms with van der Waals surface area (Å²) in [7, 11) is 2.08. The van der Waals surface area contributed by atoms with Gasteiger partial charge in [-0.1, -0.05) is 18.2 Å². The molecule has 5 nitrogen and oxygen atoms in total. The van der Waals surface area contributed by atoms with Gasteiger partial charge in [0, 0.05) is 50.0 Å². The first-order chi connectivity index (χ1) is 11.5. The first-order valence-electron chi connectivity index (χ1n) is 8.10. The molecule has 2 aromatic rings. The Morgan fingerprint density at radius 3 is 2.46 bits per heavy atom. The van der Waals surface area contributed by atoms with Gasteiger partial charge in [-0.05, 0) is 19.2 Å². The van der Waals surface area contributed by atoms with E-state index in [0.717, 1.165) is 26.2 Å². The lowest BCUT2D eigenvalue weighted by atomic mass is 10.2. The van der Waals surface area contributed by atoms with Crippen LogP contribution in [0.3, 0.4) is 0 Å². The molecule has 1 N–H and O–H groups in total. The number of likely N-dealkylation sites (N-methyl/N-ethyl adjacent to an activating group) is 1. The van der Waals surface area contributed by atoms with Crippen LogP contribution in [0.15, 0.2) is 41.3 Å². The average molecular weight is 331 g/mol. The highest BCUT2D eigenvalue weighted by atomic mass is 19.1. The van der Waals surface area contributed by atoms with E-state index in [9.17, 15) is 14.3 Å². The van der Waals surface area contributed by atoms with Crippen LogP contribution in [0.1, 0.15) is 11.1 Å². The van der Waals surface area contributed by atoms with E-state index in [-0.39, 0.29) is 18.1 Å². The highest BCUT2D eigenvalue weighted by Gasteiger charge is 2.17. The number of halogens is 1. The van der Waals surface area contributed by atoms with Gasteiger partial charge in [-0.15, -0.1) is 0 Å². The van der Waals surface area contributed by atoms with Crippen LogP contribution in [0.25, 0.3) is 0 Å². The van der Waals surface area contributed by atoms with E-state index in [4.69, 9.17) is 0 Å². The molecule has 0 amide bonds. The van der Waals surface area contributed by atoms with Crippen molar-refractivity contribution < 1.29 is 9.50 Å². The third-order valence-electron chi connectivity index (χ3n) is 4.51. The molecule has 0 atom stereocenters. The normalized spacial score (nSPS) is 16.4. The van der Waals surface area contributed by atoms with Gasteiger partial charge < -0.3 is 14.6 Å². The molecule has 1 aliphatic heterocycles. The van der Waals surface area contributed by atoms with Gasteiger partial charge in [-0.25, -0.2) is 4.39 Å². The summed E-state index contributed by atoms with van der Waals surface area (Å²) in [5.41, 5.74) is 0.560. The molecule has 0 saturated carbocycles. The van der Waals surface area contributed by atoms with Gasteiger partial charge >= 0.3 is 0 Å². The largest absolute Gasteiger partial charge is 0.503 e. The molecule has 1 aromatic carbocycles. The second kappa shape index (κ2) is 7.15. The molecule has 0 radical (unpaired) electrons. The Balaban J connectivity index is 1.76. The summed E-state index contributed by atoms with van der Waals surface area (Å²) < 4.78 is 15.1. The summed E-state index contributed by atoms with van der Waals surface area (Å²) >= 11 is 0. The van der Waals surface area contributed by atoms with E-state index >= 15 is 0 Å². The fourth-order valence-corrected chi connectivity index (χ4v) is 2.91. The van der Waals surface area contributed by atoms with Crippen LogP contribution in [0, 0.1) is 5.82 Å². The molecule has 1 saturated heterocycles. The summed E-state index contributed by atoms with van der Waals surface area (Å²) in [6.07, 6.45) is 1.62. The van der Waals surface area contributed by atoms with E-state index in [1.165, 1.54) is 10.6 Å². The summed E-state index contributed by atoms with van der Waals surface area (Å²) in [6.45, 7) is 4.43. The summed E-state index contributed by atoms with van der Waals surface area (Å²) in [4.78, 5) is 16.8. The fourth-order valence-electron chi connectivity index (χ4n) is 2.91. The van der Waals surface area contributed by atoms with Gasteiger partial charge in [0.2, 0.25) is 0 Å². The summed E-state index contributed by atoms with van der Waals surface area (Å²) in [5.74, 6) is -0.599. The average Bonchev–Trinajstić information content (AvgIpc) is 2.58. The lowest BCUT2D eigenvalue weighted by Crippen LogP contribution is -2.44. The minimum Gasteiger partial charge on any atom is -0.503 e. The van der Waals surface area contributed by atoms with Crippen molar-refractivity contribution in [2.24, 2.45) is 0 Å². The third-order valence-corrected chi connectivity index (χ3v) is 4.51. The quantitative estimate of drug-likeness (QED) is 0.922. The van der Waals surface area contributed by atoms with Gasteiger partial charge in [0.25, 0.3) is 5.56 Å². The van der Waals surface area contributed by atoms with Crippen LogP contribution in [0.5, 0.6) is 5.75 Å². The van der Waals surface area contributed by atoms with Crippen LogP contribution >= 0.6 is 0 Å². The topological polar surface area (TPSA) is 48.7 Å². The van der Waals surface area contributed by atoms with Gasteiger partial charge in [-0.2, -0.15) is 0 Å². The molecule has 128 valence electrons. The maximum absolute atomic E-state index is 13.7. The maximum atomic E-state index is 13.7. The molecular weight excluding hydrogens is 309 g/mol. The SMILES string of the molecule is CN1CCN(Cc2ccn(Cc3ccccc3F)c(=O)c2O)CC1. The van der Waals surface area contributed by atoms with E-state index in [1.807, 2.05) is 0 Å². The molecule has 0 unspecified atom stereocenters. The Morgan fingerprint density at radius 2 is 1.75 bits per heavy atom. The zero-order valence-electron chi connectivity index (χ0n) is 13.8. The lowest BCUT2D eigenvalue weighted by Gasteiger charge is -2.32. The maximum Gasteiger partial charge on any atom is 0.293 e. The second-order valence-electron chi connectivity index (χ2n) is 6.29. The summed E-state index contributed by atoms with van der Waals surface area (Å²) in [5, 5.41) is 10.2. The molecule has 0 bridgehead atoms. The molecule has 1 fully saturated rings. The van der Waals surface area contributed by atoms with Crippen molar-refractivity contribution >= 4 is 0 Å². The smallest absolute Gasteiger partial charge is 0.293 e. The third kappa shape index (κ3) is 3.66. The highest BCUT2D eigenvalue weighted by molar-refractivity contribution is 5.30. The molecule has 3 rings (SSSR count). The van der Waals surface area contributed by atoms with Crippen LogP contribution in [-0.2, 0) is 13.1 Å². The van der Waals surface area contributed by atoms with Gasteiger partial charge in [0.15, 0.2) is 5.75 Å². The standard InChI is InChI=1S/C18H22FN3O2/c1-20-8-10-21(11-9-20)12-15-6-7-22(18(24)17(15)23)13-14-4-2-3-5-16(14)19/h2-7,23H,8-13H2,1H3. The first-order valence-corrected chi connectivity index (χ1v) is 8.10. The molecule has 1 aliphatic rings. The molecule has 1 aromatic heterocycles. The number of hydrogen-bond acceptors (Lipinski definition) is 4. The zero-order chi connectivity index (χ0) is 17.1. The number of nitrogens with zero attached hydrogens (tertiary/aromatic N) is 3. The van der Waals surface area contributed by atoms with Crippen molar-refractivity contribution in [2.45, 2.75) is 13.1 Å². The minimum absolute atomic E-state index is 0.105. The predicted molar refractivity (Wildman–Crippen MR) is 90.6 cm³/mol. The van der Waals surface area contributed by atoms with Crippen molar-refractivity contribution in [1.82, 2.24) is 14.4 Å². The van der Waals surface area contributed by atoms with Gasteiger partial charge in [-0.3, -0.25) is 9.69 Å². The molecule has 2 heterocycles. The van der Waals surface area contributed by atoms with Crippen molar-refractivity contribution in [2.75, 3.05) is 33.2 Å². The monoisotopic (exact) mass is 331 g/mol. The number of hydrogen-bond donors (Lipinski definition) is 1. The Bertz CT molecular complexity index is 767. The number of aromatic hydroxyl groups is 1. The Hall–Kier alpha value is -2.18. The van der Waals surface area contributed by atoms with Crippen LogP contribution < -0.4 is 5.56 Å². The van der Waals surface area contributed by atoms with Gasteiger partial charge in [0.05, 0.1) is 6.54 Å². The van der Waals surface area contributed by atoms with Crippen molar-refractivity contribution in [1.29, 1.82) is 0 Å². The Labute approximate surface area is 140 Å². The molecule has 0 spiro atoms. The predicted octanol–water partition coefficient (Wildman–Crippen LogP) is 1.49. The van der Waals surface area contributed by atoms with Crippen LogP contribution in [-0.4, -0.2) is 52.7 Å². The van der Waals surface area contributed by atoms with Gasteiger partial charge in [0.1, 0.15) is 5.82 Å². The number of benzene rings is 1. The molecular formula is C18H22FN3O2. The Morgan fingerprint density at radius 1 is 1.04 bits per heavy atom. The van der Waals surface area contributed by atoms with Crippen LogP contribution in [0.2, 0.25) is 0 Å². The van der Waals surface area contributed by atoms with E-state index < -0.39 is 5.56 Å². The highest BCUT2D eigenvalue weighted by Crippen LogP contribution is 2.16. The summed E-state index contributed by atoms with van der Waals surface area (Å²) in [6, 6.07) is 8.08. The minimum atomic E-state index is -0.482.